The molecule has 0 fully saturated rings. The first-order valence-electron chi connectivity index (χ1n) is 23.3. The predicted octanol–water partition coefficient (Wildman–Crippen LogP) is 15.9. The molecule has 0 saturated carbocycles. The first-order valence-corrected chi connectivity index (χ1v) is 23.3. The standard InChI is InChI=1S/C50H84O4/c1-3-5-7-9-11-13-15-17-19-21-23-25-27-29-31-44(32-30-28-26-24-22-20-18-16-14-12-10-8-6-4-2)43-54-50(53)42-41-49(45-33-37-47(51)38-34-45)46-35-39-48(52)40-36-46/h33-40,44,49,51-52H,3-32,41-43H2,1-2H3. The molecule has 2 N–H and O–H groups in total. The number of phenols is 2. The monoisotopic (exact) mass is 749 g/mol. The Morgan fingerprint density at radius 1 is 0.444 bits per heavy atom. The van der Waals surface area contributed by atoms with Crippen LogP contribution in [0, 0.1) is 5.92 Å². The van der Waals surface area contributed by atoms with Crippen LogP contribution in [0.5, 0.6) is 11.5 Å². The highest BCUT2D eigenvalue weighted by Crippen LogP contribution is 2.32. The van der Waals surface area contributed by atoms with Gasteiger partial charge in [-0.2, -0.15) is 0 Å². The molecule has 2 aromatic rings. The molecule has 2 rings (SSSR count). The van der Waals surface area contributed by atoms with Gasteiger partial charge in [0, 0.05) is 12.3 Å². The molecule has 2 aromatic carbocycles. The van der Waals surface area contributed by atoms with E-state index in [4.69, 9.17) is 4.74 Å². The number of benzene rings is 2. The molecule has 0 unspecified atom stereocenters. The maximum atomic E-state index is 13.1. The van der Waals surface area contributed by atoms with E-state index in [1.807, 2.05) is 24.3 Å². The number of esters is 1. The van der Waals surface area contributed by atoms with Crippen molar-refractivity contribution < 1.29 is 19.7 Å². The summed E-state index contributed by atoms with van der Waals surface area (Å²) in [5.74, 6) is 0.774. The first-order chi connectivity index (χ1) is 26.5. The summed E-state index contributed by atoms with van der Waals surface area (Å²) in [4.78, 5) is 13.1. The lowest BCUT2D eigenvalue weighted by Crippen LogP contribution is -2.15. The van der Waals surface area contributed by atoms with Gasteiger partial charge >= 0.3 is 5.97 Å². The summed E-state index contributed by atoms with van der Waals surface area (Å²) in [6.45, 7) is 5.12. The SMILES string of the molecule is CCCCCCCCCCCCCCCCC(CCCCCCCCCCCCCCCC)COC(=O)CCC(c1ccc(O)cc1)c1ccc(O)cc1. The average molecular weight is 749 g/mol. The Morgan fingerprint density at radius 3 is 1.06 bits per heavy atom. The van der Waals surface area contributed by atoms with E-state index in [1.54, 1.807) is 24.3 Å². The van der Waals surface area contributed by atoms with E-state index in [0.29, 0.717) is 25.4 Å². The maximum Gasteiger partial charge on any atom is 0.305 e. The first kappa shape index (κ1) is 47.7. The van der Waals surface area contributed by atoms with Gasteiger partial charge in [0.1, 0.15) is 11.5 Å². The Hall–Kier alpha value is -2.49. The van der Waals surface area contributed by atoms with Crippen LogP contribution < -0.4 is 0 Å². The minimum atomic E-state index is -0.121. The largest absolute Gasteiger partial charge is 0.508 e. The summed E-state index contributed by atoms with van der Waals surface area (Å²) < 4.78 is 5.98. The number of phenolic OH excluding ortho intramolecular Hbond substituents is 2. The van der Waals surface area contributed by atoms with Crippen LogP contribution in [0.25, 0.3) is 0 Å². The molecule has 0 bridgehead atoms. The highest BCUT2D eigenvalue weighted by Gasteiger charge is 2.18. The van der Waals surface area contributed by atoms with E-state index in [9.17, 15) is 15.0 Å². The Labute approximate surface area is 333 Å². The Kier molecular flexibility index (Phi) is 29.8. The van der Waals surface area contributed by atoms with Crippen LogP contribution in [0.3, 0.4) is 0 Å². The summed E-state index contributed by atoms with van der Waals surface area (Å²) in [6, 6.07) is 14.5. The summed E-state index contributed by atoms with van der Waals surface area (Å²) >= 11 is 0. The fourth-order valence-corrected chi connectivity index (χ4v) is 8.05. The zero-order valence-electron chi connectivity index (χ0n) is 35.3. The van der Waals surface area contributed by atoms with E-state index in [2.05, 4.69) is 13.8 Å². The second kappa shape index (κ2) is 33.8. The highest BCUT2D eigenvalue weighted by atomic mass is 16.5. The molecule has 308 valence electrons. The second-order valence-corrected chi connectivity index (χ2v) is 16.6. The fourth-order valence-electron chi connectivity index (χ4n) is 8.05. The van der Waals surface area contributed by atoms with Crippen molar-refractivity contribution in [3.05, 3.63) is 59.7 Å². The molecular formula is C50H84O4. The summed E-state index contributed by atoms with van der Waals surface area (Å²) in [6.07, 6.45) is 41.8. The van der Waals surface area contributed by atoms with Gasteiger partial charge in [0.15, 0.2) is 0 Å². The van der Waals surface area contributed by atoms with Crippen molar-refractivity contribution in [2.45, 2.75) is 225 Å². The number of unbranched alkanes of at least 4 members (excludes halogenated alkanes) is 26. The van der Waals surface area contributed by atoms with Crippen LogP contribution in [0.2, 0.25) is 0 Å². The quantitative estimate of drug-likeness (QED) is 0.0533. The van der Waals surface area contributed by atoms with Crippen molar-refractivity contribution in [2.24, 2.45) is 5.92 Å². The number of carbonyl (C=O) groups excluding carboxylic acids is 1. The van der Waals surface area contributed by atoms with Gasteiger partial charge in [0.05, 0.1) is 6.61 Å². The van der Waals surface area contributed by atoms with E-state index >= 15 is 0 Å². The molecule has 4 nitrogen and oxygen atoms in total. The second-order valence-electron chi connectivity index (χ2n) is 16.6. The Bertz CT molecular complexity index is 1030. The highest BCUT2D eigenvalue weighted by molar-refractivity contribution is 5.69. The smallest absolute Gasteiger partial charge is 0.305 e. The molecule has 54 heavy (non-hydrogen) atoms. The molecular weight excluding hydrogens is 665 g/mol. The van der Waals surface area contributed by atoms with Crippen molar-refractivity contribution in [2.75, 3.05) is 6.61 Å². The summed E-state index contributed by atoms with van der Waals surface area (Å²) in [5.41, 5.74) is 2.08. The third-order valence-electron chi connectivity index (χ3n) is 11.6. The third kappa shape index (κ3) is 25.6. The van der Waals surface area contributed by atoms with E-state index in [1.165, 1.54) is 180 Å². The fraction of sp³-hybridized carbons (Fsp3) is 0.740. The zero-order valence-corrected chi connectivity index (χ0v) is 35.3. The molecule has 0 aliphatic carbocycles. The number of carbonyl (C=O) groups is 1. The van der Waals surface area contributed by atoms with Crippen LogP contribution in [-0.2, 0) is 9.53 Å². The Morgan fingerprint density at radius 2 is 0.741 bits per heavy atom. The van der Waals surface area contributed by atoms with Gasteiger partial charge in [-0.3, -0.25) is 4.79 Å². The van der Waals surface area contributed by atoms with Crippen LogP contribution in [0.15, 0.2) is 48.5 Å². The van der Waals surface area contributed by atoms with Crippen molar-refractivity contribution in [1.82, 2.24) is 0 Å². The molecule has 0 heterocycles. The van der Waals surface area contributed by atoms with Crippen LogP contribution in [-0.4, -0.2) is 22.8 Å². The van der Waals surface area contributed by atoms with Crippen LogP contribution in [0.1, 0.15) is 236 Å². The lowest BCUT2D eigenvalue weighted by molar-refractivity contribution is -0.145. The van der Waals surface area contributed by atoms with Gasteiger partial charge in [0.25, 0.3) is 0 Å². The number of hydrogen-bond donors (Lipinski definition) is 2. The summed E-state index contributed by atoms with van der Waals surface area (Å²) in [5, 5.41) is 19.7. The van der Waals surface area contributed by atoms with E-state index in [0.717, 1.165) is 24.0 Å². The van der Waals surface area contributed by atoms with Crippen LogP contribution >= 0.6 is 0 Å². The van der Waals surface area contributed by atoms with Gasteiger partial charge in [-0.15, -0.1) is 0 Å². The maximum absolute atomic E-state index is 13.1. The molecule has 0 aliphatic heterocycles. The number of rotatable bonds is 37. The van der Waals surface area contributed by atoms with Gasteiger partial charge < -0.3 is 14.9 Å². The normalized spacial score (nSPS) is 11.6. The molecule has 0 saturated heterocycles. The number of hydrogen-bond acceptors (Lipinski definition) is 4. The molecule has 0 spiro atoms. The lowest BCUT2D eigenvalue weighted by atomic mass is 9.87. The predicted molar refractivity (Wildman–Crippen MR) is 232 cm³/mol. The van der Waals surface area contributed by atoms with E-state index < -0.39 is 0 Å². The lowest BCUT2D eigenvalue weighted by Gasteiger charge is -2.20. The topological polar surface area (TPSA) is 66.8 Å². The van der Waals surface area contributed by atoms with Crippen molar-refractivity contribution in [3.8, 4) is 11.5 Å². The summed E-state index contributed by atoms with van der Waals surface area (Å²) in [7, 11) is 0. The van der Waals surface area contributed by atoms with Crippen molar-refractivity contribution in [1.29, 1.82) is 0 Å². The van der Waals surface area contributed by atoms with E-state index in [-0.39, 0.29) is 23.4 Å². The average Bonchev–Trinajstić information content (AvgIpc) is 3.18. The molecule has 4 heteroatoms. The van der Waals surface area contributed by atoms with Crippen molar-refractivity contribution >= 4 is 5.97 Å². The molecule has 0 aromatic heterocycles. The third-order valence-corrected chi connectivity index (χ3v) is 11.6. The van der Waals surface area contributed by atoms with Gasteiger partial charge in [-0.05, 0) is 60.6 Å². The van der Waals surface area contributed by atoms with Gasteiger partial charge in [-0.1, -0.05) is 218 Å². The molecule has 0 atom stereocenters. The number of ether oxygens (including phenoxy) is 1. The van der Waals surface area contributed by atoms with Crippen molar-refractivity contribution in [3.63, 3.8) is 0 Å². The molecule has 0 radical (unpaired) electrons. The minimum absolute atomic E-state index is 0.0133. The number of aromatic hydroxyl groups is 2. The Balaban J connectivity index is 1.71. The van der Waals surface area contributed by atoms with Gasteiger partial charge in [0.2, 0.25) is 0 Å². The minimum Gasteiger partial charge on any atom is -0.508 e. The van der Waals surface area contributed by atoms with Crippen LogP contribution in [0.4, 0.5) is 0 Å². The molecule has 0 amide bonds. The molecule has 0 aliphatic rings. The zero-order chi connectivity index (χ0) is 38.7. The van der Waals surface area contributed by atoms with Gasteiger partial charge in [-0.25, -0.2) is 0 Å².